The predicted octanol–water partition coefficient (Wildman–Crippen LogP) is 0.890. The molecule has 0 aromatic heterocycles. The smallest absolute Gasteiger partial charge is 0.240 e. The highest BCUT2D eigenvalue weighted by molar-refractivity contribution is 7.89. The van der Waals surface area contributed by atoms with E-state index in [9.17, 15) is 13.2 Å². The second-order valence-corrected chi connectivity index (χ2v) is 7.05. The first-order valence-electron chi connectivity index (χ1n) is 7.40. The number of sulfonamides is 1. The summed E-state index contributed by atoms with van der Waals surface area (Å²) in [4.78, 5) is 13.6. The topological polar surface area (TPSA) is 75.7 Å². The second kappa shape index (κ2) is 7.82. The molecular weight excluding hydrogens is 304 g/mol. The molecule has 1 heterocycles. The highest BCUT2D eigenvalue weighted by Gasteiger charge is 2.14. The van der Waals surface area contributed by atoms with Gasteiger partial charge in [0.05, 0.1) is 18.1 Å². The lowest BCUT2D eigenvalue weighted by atomic mass is 10.2. The van der Waals surface area contributed by atoms with Crippen molar-refractivity contribution < 1.29 is 17.9 Å². The molecule has 7 heteroatoms. The van der Waals surface area contributed by atoms with Crippen LogP contribution in [0, 0.1) is 0 Å². The van der Waals surface area contributed by atoms with Crippen molar-refractivity contribution in [3.63, 3.8) is 0 Å². The first kappa shape index (κ1) is 17.1. The third kappa shape index (κ3) is 4.88. The molecule has 1 aromatic rings. The van der Waals surface area contributed by atoms with E-state index in [4.69, 9.17) is 4.74 Å². The van der Waals surface area contributed by atoms with E-state index in [-0.39, 0.29) is 10.7 Å². The molecule has 122 valence electrons. The van der Waals surface area contributed by atoms with Crippen molar-refractivity contribution >= 4 is 15.8 Å². The van der Waals surface area contributed by atoms with E-state index in [1.807, 2.05) is 0 Å². The van der Waals surface area contributed by atoms with E-state index in [1.54, 1.807) is 0 Å². The minimum absolute atomic E-state index is 0.0811. The molecule has 0 radical (unpaired) electrons. The molecular formula is C15H22N2O4S. The van der Waals surface area contributed by atoms with Crippen molar-refractivity contribution in [2.75, 3.05) is 39.4 Å². The fraction of sp³-hybridized carbons (Fsp3) is 0.533. The van der Waals surface area contributed by atoms with Crippen LogP contribution in [0.1, 0.15) is 23.7 Å². The molecule has 0 saturated carbocycles. The van der Waals surface area contributed by atoms with Gasteiger partial charge < -0.3 is 4.74 Å². The quantitative estimate of drug-likeness (QED) is 0.595. The lowest BCUT2D eigenvalue weighted by Gasteiger charge is -2.26. The van der Waals surface area contributed by atoms with Crippen LogP contribution in [-0.4, -0.2) is 58.5 Å². The van der Waals surface area contributed by atoms with E-state index in [0.717, 1.165) is 39.3 Å². The Morgan fingerprint density at radius 3 is 2.45 bits per heavy atom. The molecule has 1 saturated heterocycles. The number of rotatable bonds is 7. The molecule has 0 aliphatic carbocycles. The number of benzene rings is 1. The summed E-state index contributed by atoms with van der Waals surface area (Å²) in [6, 6.07) is 5.98. The van der Waals surface area contributed by atoms with Crippen molar-refractivity contribution in [1.82, 2.24) is 9.62 Å². The third-order valence-corrected chi connectivity index (χ3v) is 5.09. The Kier molecular flexibility index (Phi) is 6.07. The summed E-state index contributed by atoms with van der Waals surface area (Å²) >= 11 is 0. The molecule has 1 aliphatic heterocycles. The number of carbonyl (C=O) groups is 1. The van der Waals surface area contributed by atoms with Gasteiger partial charge in [-0.3, -0.25) is 9.69 Å². The fourth-order valence-electron chi connectivity index (χ4n) is 2.29. The van der Waals surface area contributed by atoms with Crippen LogP contribution in [0.2, 0.25) is 0 Å². The largest absolute Gasteiger partial charge is 0.379 e. The zero-order valence-electron chi connectivity index (χ0n) is 12.7. The fourth-order valence-corrected chi connectivity index (χ4v) is 3.36. The van der Waals surface area contributed by atoms with E-state index in [0.29, 0.717) is 12.1 Å². The Bertz CT molecular complexity index is 592. The normalized spacial score (nSPS) is 16.6. The van der Waals surface area contributed by atoms with Gasteiger partial charge in [0.1, 0.15) is 0 Å². The molecule has 0 unspecified atom stereocenters. The van der Waals surface area contributed by atoms with Gasteiger partial charge in [0.15, 0.2) is 5.78 Å². The summed E-state index contributed by atoms with van der Waals surface area (Å²) in [5.41, 5.74) is 0.506. The van der Waals surface area contributed by atoms with Gasteiger partial charge >= 0.3 is 0 Å². The second-order valence-electron chi connectivity index (χ2n) is 5.29. The van der Waals surface area contributed by atoms with Crippen LogP contribution >= 0.6 is 0 Å². The Morgan fingerprint density at radius 1 is 1.23 bits per heavy atom. The zero-order valence-corrected chi connectivity index (χ0v) is 13.6. The molecule has 1 aliphatic rings. The van der Waals surface area contributed by atoms with Crippen molar-refractivity contribution in [1.29, 1.82) is 0 Å². The summed E-state index contributed by atoms with van der Waals surface area (Å²) in [5, 5.41) is 0. The standard InChI is InChI=1S/C15H22N2O4S/c1-13(18)14-3-5-15(6-4-14)22(19,20)16-7-2-8-17-9-11-21-12-10-17/h3-6,16H,2,7-12H2,1H3. The Labute approximate surface area is 131 Å². The lowest BCUT2D eigenvalue weighted by Crippen LogP contribution is -2.38. The number of nitrogens with zero attached hydrogens (tertiary/aromatic N) is 1. The summed E-state index contributed by atoms with van der Waals surface area (Å²) < 4.78 is 32.1. The van der Waals surface area contributed by atoms with Crippen LogP contribution in [0.15, 0.2) is 29.2 Å². The first-order chi connectivity index (χ1) is 10.5. The van der Waals surface area contributed by atoms with Crippen LogP contribution < -0.4 is 4.72 Å². The van der Waals surface area contributed by atoms with Gasteiger partial charge in [0, 0.05) is 25.2 Å². The average Bonchev–Trinajstić information content (AvgIpc) is 2.53. The maximum absolute atomic E-state index is 12.1. The number of hydrogen-bond acceptors (Lipinski definition) is 5. The summed E-state index contributed by atoms with van der Waals surface area (Å²) in [6.45, 7) is 6.00. The lowest BCUT2D eigenvalue weighted by molar-refractivity contribution is 0.0376. The molecule has 1 N–H and O–H groups in total. The van der Waals surface area contributed by atoms with Crippen molar-refractivity contribution in [2.24, 2.45) is 0 Å². The van der Waals surface area contributed by atoms with Gasteiger partial charge in [-0.1, -0.05) is 12.1 Å². The van der Waals surface area contributed by atoms with Gasteiger partial charge in [-0.15, -0.1) is 0 Å². The van der Waals surface area contributed by atoms with Crippen molar-refractivity contribution in [3.8, 4) is 0 Å². The van der Waals surface area contributed by atoms with Crippen LogP contribution in [0.5, 0.6) is 0 Å². The molecule has 1 fully saturated rings. The molecule has 0 amide bonds. The van der Waals surface area contributed by atoms with Gasteiger partial charge in [-0.05, 0) is 32.0 Å². The number of morpholine rings is 1. The summed E-state index contributed by atoms with van der Waals surface area (Å²) in [6.07, 6.45) is 0.755. The number of ether oxygens (including phenoxy) is 1. The number of nitrogens with one attached hydrogen (secondary N) is 1. The molecule has 2 rings (SSSR count). The average molecular weight is 326 g/mol. The molecule has 0 atom stereocenters. The van der Waals surface area contributed by atoms with Gasteiger partial charge in [0.25, 0.3) is 0 Å². The Morgan fingerprint density at radius 2 is 1.86 bits per heavy atom. The van der Waals surface area contributed by atoms with Crippen LogP contribution in [0.3, 0.4) is 0 Å². The van der Waals surface area contributed by atoms with E-state index < -0.39 is 10.0 Å². The monoisotopic (exact) mass is 326 g/mol. The Hall–Kier alpha value is -1.28. The third-order valence-electron chi connectivity index (χ3n) is 3.62. The zero-order chi connectivity index (χ0) is 16.0. The minimum atomic E-state index is -3.51. The number of carbonyl (C=O) groups excluding carboxylic acids is 1. The minimum Gasteiger partial charge on any atom is -0.379 e. The van der Waals surface area contributed by atoms with Crippen molar-refractivity contribution in [3.05, 3.63) is 29.8 Å². The van der Waals surface area contributed by atoms with Gasteiger partial charge in [0.2, 0.25) is 10.0 Å². The number of ketones is 1. The Balaban J connectivity index is 1.81. The molecule has 22 heavy (non-hydrogen) atoms. The first-order valence-corrected chi connectivity index (χ1v) is 8.88. The number of Topliss-reactive ketones (excluding diaryl/α,β-unsaturated/α-hetero) is 1. The number of hydrogen-bond donors (Lipinski definition) is 1. The summed E-state index contributed by atoms with van der Waals surface area (Å²) in [5.74, 6) is -0.0811. The highest BCUT2D eigenvalue weighted by atomic mass is 32.2. The van der Waals surface area contributed by atoms with Gasteiger partial charge in [-0.25, -0.2) is 13.1 Å². The van der Waals surface area contributed by atoms with E-state index >= 15 is 0 Å². The maximum atomic E-state index is 12.1. The van der Waals surface area contributed by atoms with E-state index in [2.05, 4.69) is 9.62 Å². The molecule has 1 aromatic carbocycles. The predicted molar refractivity (Wildman–Crippen MR) is 83.5 cm³/mol. The van der Waals surface area contributed by atoms with Crippen LogP contribution in [0.4, 0.5) is 0 Å². The van der Waals surface area contributed by atoms with Crippen LogP contribution in [-0.2, 0) is 14.8 Å². The molecule has 0 bridgehead atoms. The van der Waals surface area contributed by atoms with Crippen molar-refractivity contribution in [2.45, 2.75) is 18.2 Å². The van der Waals surface area contributed by atoms with Crippen LogP contribution in [0.25, 0.3) is 0 Å². The van der Waals surface area contributed by atoms with Gasteiger partial charge in [-0.2, -0.15) is 0 Å². The molecule has 0 spiro atoms. The molecule has 6 nitrogen and oxygen atoms in total. The summed E-state index contributed by atoms with van der Waals surface area (Å²) in [7, 11) is -3.51. The maximum Gasteiger partial charge on any atom is 0.240 e. The highest BCUT2D eigenvalue weighted by Crippen LogP contribution is 2.11. The SMILES string of the molecule is CC(=O)c1ccc(S(=O)(=O)NCCCN2CCOCC2)cc1. The van der Waals surface area contributed by atoms with E-state index in [1.165, 1.54) is 31.2 Å².